The molecule has 1 aliphatic heterocycles. The highest BCUT2D eigenvalue weighted by Crippen LogP contribution is 2.26. The number of hydrogen-bond donors (Lipinski definition) is 0. The van der Waals surface area contributed by atoms with Crippen LogP contribution in [0.3, 0.4) is 0 Å². The minimum atomic E-state index is -0.551. The Morgan fingerprint density at radius 1 is 1.48 bits per heavy atom. The lowest BCUT2D eigenvalue weighted by Gasteiger charge is -2.16. The van der Waals surface area contributed by atoms with Crippen LogP contribution in [0.15, 0.2) is 22.7 Å². The van der Waals surface area contributed by atoms with E-state index in [1.165, 1.54) is 30.2 Å². The van der Waals surface area contributed by atoms with Crippen molar-refractivity contribution in [3.8, 4) is 0 Å². The maximum atomic E-state index is 12.4. The third-order valence-corrected chi connectivity index (χ3v) is 4.09. The van der Waals surface area contributed by atoms with Gasteiger partial charge in [-0.25, -0.2) is 0 Å². The van der Waals surface area contributed by atoms with Gasteiger partial charge in [0.15, 0.2) is 0 Å². The lowest BCUT2D eigenvalue weighted by molar-refractivity contribution is -0.384. The number of halogens is 1. The molecule has 21 heavy (non-hydrogen) atoms. The number of amides is 1. The highest BCUT2D eigenvalue weighted by atomic mass is 79.9. The van der Waals surface area contributed by atoms with Gasteiger partial charge in [0.05, 0.1) is 23.5 Å². The number of non-ortho nitro benzene ring substituents is 1. The van der Waals surface area contributed by atoms with Gasteiger partial charge in [0.2, 0.25) is 0 Å². The van der Waals surface area contributed by atoms with Gasteiger partial charge in [0.25, 0.3) is 11.6 Å². The Balaban J connectivity index is 2.19. The van der Waals surface area contributed by atoms with Gasteiger partial charge in [-0.15, -0.1) is 0 Å². The van der Waals surface area contributed by atoms with Crippen molar-refractivity contribution in [2.75, 3.05) is 20.2 Å². The van der Waals surface area contributed by atoms with E-state index in [0.29, 0.717) is 17.4 Å². The summed E-state index contributed by atoms with van der Waals surface area (Å²) in [5, 5.41) is 10.8. The number of benzene rings is 1. The fourth-order valence-corrected chi connectivity index (χ4v) is 2.68. The summed E-state index contributed by atoms with van der Waals surface area (Å²) < 4.78 is 5.15. The molecule has 1 atom stereocenters. The van der Waals surface area contributed by atoms with Gasteiger partial charge < -0.3 is 9.64 Å². The van der Waals surface area contributed by atoms with Crippen molar-refractivity contribution in [2.45, 2.75) is 6.42 Å². The summed E-state index contributed by atoms with van der Waals surface area (Å²) in [6.07, 6.45) is 0.533. The zero-order chi connectivity index (χ0) is 15.6. The summed E-state index contributed by atoms with van der Waals surface area (Å²) in [6, 6.07) is 4.03. The molecular weight excluding hydrogens is 344 g/mol. The summed E-state index contributed by atoms with van der Waals surface area (Å²) in [6.45, 7) is 0.689. The van der Waals surface area contributed by atoms with E-state index >= 15 is 0 Å². The van der Waals surface area contributed by atoms with Crippen LogP contribution in [-0.4, -0.2) is 41.9 Å². The standard InChI is InChI=1S/C13H13BrN2O5/c1-21-13(18)8-4-5-15(7-8)12(17)10-6-9(16(19)20)2-3-11(10)14/h2-3,6,8H,4-5,7H2,1H3. The lowest BCUT2D eigenvalue weighted by atomic mass is 10.1. The Morgan fingerprint density at radius 2 is 2.19 bits per heavy atom. The van der Waals surface area contributed by atoms with Crippen molar-refractivity contribution in [1.82, 2.24) is 4.90 Å². The lowest BCUT2D eigenvalue weighted by Crippen LogP contribution is -2.30. The molecule has 0 N–H and O–H groups in total. The number of nitrogens with zero attached hydrogens (tertiary/aromatic N) is 2. The number of hydrogen-bond acceptors (Lipinski definition) is 5. The van der Waals surface area contributed by atoms with Crippen molar-refractivity contribution in [3.63, 3.8) is 0 Å². The molecule has 0 bridgehead atoms. The molecule has 1 saturated heterocycles. The van der Waals surface area contributed by atoms with Crippen LogP contribution in [0.25, 0.3) is 0 Å². The predicted molar refractivity (Wildman–Crippen MR) is 76.8 cm³/mol. The van der Waals surface area contributed by atoms with Gasteiger partial charge >= 0.3 is 5.97 Å². The van der Waals surface area contributed by atoms with Gasteiger partial charge in [-0.2, -0.15) is 0 Å². The van der Waals surface area contributed by atoms with Crippen molar-refractivity contribution in [2.24, 2.45) is 5.92 Å². The molecule has 1 unspecified atom stereocenters. The molecule has 1 amide bonds. The molecule has 1 fully saturated rings. The third kappa shape index (κ3) is 3.21. The summed E-state index contributed by atoms with van der Waals surface area (Å²) in [4.78, 5) is 35.6. The Morgan fingerprint density at radius 3 is 2.81 bits per heavy atom. The Labute approximate surface area is 129 Å². The summed E-state index contributed by atoms with van der Waals surface area (Å²) >= 11 is 3.22. The third-order valence-electron chi connectivity index (χ3n) is 3.40. The van der Waals surface area contributed by atoms with Crippen molar-refractivity contribution < 1.29 is 19.2 Å². The number of carbonyl (C=O) groups is 2. The molecule has 0 saturated carbocycles. The summed E-state index contributed by atoms with van der Waals surface area (Å²) in [7, 11) is 1.31. The second-order valence-electron chi connectivity index (χ2n) is 4.68. The van der Waals surface area contributed by atoms with Crippen LogP contribution in [0.4, 0.5) is 5.69 Å². The van der Waals surface area contributed by atoms with E-state index in [1.54, 1.807) is 0 Å². The number of carbonyl (C=O) groups excluding carboxylic acids is 2. The van der Waals surface area contributed by atoms with Gasteiger partial charge in [-0.3, -0.25) is 19.7 Å². The van der Waals surface area contributed by atoms with E-state index in [0.717, 1.165) is 0 Å². The van der Waals surface area contributed by atoms with E-state index in [4.69, 9.17) is 0 Å². The number of ether oxygens (including phenoxy) is 1. The zero-order valence-corrected chi connectivity index (χ0v) is 12.8. The van der Waals surface area contributed by atoms with Crippen LogP contribution in [0, 0.1) is 16.0 Å². The molecule has 1 aliphatic rings. The van der Waals surface area contributed by atoms with Crippen LogP contribution in [0.5, 0.6) is 0 Å². The minimum absolute atomic E-state index is 0.148. The van der Waals surface area contributed by atoms with Crippen LogP contribution >= 0.6 is 15.9 Å². The van der Waals surface area contributed by atoms with E-state index in [2.05, 4.69) is 20.7 Å². The normalized spacial score (nSPS) is 17.6. The first-order valence-corrected chi connectivity index (χ1v) is 7.04. The van der Waals surface area contributed by atoms with Crippen LogP contribution in [0.1, 0.15) is 16.8 Å². The van der Waals surface area contributed by atoms with Crippen LogP contribution in [-0.2, 0) is 9.53 Å². The van der Waals surface area contributed by atoms with Crippen LogP contribution < -0.4 is 0 Å². The zero-order valence-electron chi connectivity index (χ0n) is 11.2. The largest absolute Gasteiger partial charge is 0.469 e. The monoisotopic (exact) mass is 356 g/mol. The Kier molecular flexibility index (Phi) is 4.56. The number of likely N-dealkylation sites (tertiary alicyclic amines) is 1. The molecule has 0 spiro atoms. The molecule has 0 aromatic heterocycles. The van der Waals surface area contributed by atoms with E-state index < -0.39 is 4.92 Å². The van der Waals surface area contributed by atoms with Crippen molar-refractivity contribution >= 4 is 33.5 Å². The Hall–Kier alpha value is -1.96. The SMILES string of the molecule is COC(=O)C1CCN(C(=O)c2cc([N+](=O)[O-])ccc2Br)C1. The number of rotatable bonds is 3. The predicted octanol–water partition coefficient (Wildman–Crippen LogP) is 1.99. The van der Waals surface area contributed by atoms with Crippen LogP contribution in [0.2, 0.25) is 0 Å². The molecule has 2 rings (SSSR count). The quantitative estimate of drug-likeness (QED) is 0.469. The highest BCUT2D eigenvalue weighted by molar-refractivity contribution is 9.10. The molecule has 1 aromatic carbocycles. The van der Waals surface area contributed by atoms with E-state index in [-0.39, 0.29) is 35.6 Å². The molecule has 0 aliphatic carbocycles. The minimum Gasteiger partial charge on any atom is -0.469 e. The number of methoxy groups -OCH3 is 1. The number of nitro groups is 1. The fourth-order valence-electron chi connectivity index (χ4n) is 2.26. The average Bonchev–Trinajstić information content (AvgIpc) is 2.95. The topological polar surface area (TPSA) is 89.8 Å². The van der Waals surface area contributed by atoms with E-state index in [1.807, 2.05) is 0 Å². The molecule has 1 heterocycles. The maximum Gasteiger partial charge on any atom is 0.310 e. The van der Waals surface area contributed by atoms with Gasteiger partial charge in [0, 0.05) is 29.7 Å². The van der Waals surface area contributed by atoms with Gasteiger partial charge in [-0.1, -0.05) is 0 Å². The van der Waals surface area contributed by atoms with Gasteiger partial charge in [0.1, 0.15) is 0 Å². The molecular formula is C13H13BrN2O5. The smallest absolute Gasteiger partial charge is 0.310 e. The van der Waals surface area contributed by atoms with Gasteiger partial charge in [-0.05, 0) is 28.4 Å². The maximum absolute atomic E-state index is 12.4. The molecule has 8 heteroatoms. The Bertz CT molecular complexity index is 604. The molecule has 7 nitrogen and oxygen atoms in total. The number of esters is 1. The van der Waals surface area contributed by atoms with Crippen molar-refractivity contribution in [1.29, 1.82) is 0 Å². The first kappa shape index (κ1) is 15.4. The summed E-state index contributed by atoms with van der Waals surface area (Å²) in [5.74, 6) is -1.02. The number of nitro benzene ring substituents is 1. The highest BCUT2D eigenvalue weighted by Gasteiger charge is 2.33. The molecule has 112 valence electrons. The second-order valence-corrected chi connectivity index (χ2v) is 5.54. The average molecular weight is 357 g/mol. The van der Waals surface area contributed by atoms with E-state index in [9.17, 15) is 19.7 Å². The first-order valence-electron chi connectivity index (χ1n) is 6.25. The second kappa shape index (κ2) is 6.21. The summed E-state index contributed by atoms with van der Waals surface area (Å²) in [5.41, 5.74) is 0.0694. The fraction of sp³-hybridized carbons (Fsp3) is 0.385. The van der Waals surface area contributed by atoms with Crippen molar-refractivity contribution in [3.05, 3.63) is 38.3 Å². The molecule has 1 aromatic rings. The molecule has 0 radical (unpaired) electrons. The first-order chi connectivity index (χ1) is 9.93.